The molecular formula is C21H17N5O5. The summed E-state index contributed by atoms with van der Waals surface area (Å²) in [6.45, 7) is -1.63. The van der Waals surface area contributed by atoms with Crippen molar-refractivity contribution in [3.8, 4) is 0 Å². The molecule has 156 valence electrons. The number of amides is 4. The van der Waals surface area contributed by atoms with Gasteiger partial charge in [-0.2, -0.15) is 0 Å². The highest BCUT2D eigenvalue weighted by Gasteiger charge is 2.45. The van der Waals surface area contributed by atoms with Gasteiger partial charge in [0.25, 0.3) is 23.6 Å². The largest absolute Gasteiger partial charge is 0.396 e. The summed E-state index contributed by atoms with van der Waals surface area (Å²) in [6, 6.07) is 12.6. The molecule has 0 bridgehead atoms. The molecular weight excluding hydrogens is 402 g/mol. The van der Waals surface area contributed by atoms with E-state index in [9.17, 15) is 24.3 Å². The van der Waals surface area contributed by atoms with Gasteiger partial charge in [-0.3, -0.25) is 29.0 Å². The van der Waals surface area contributed by atoms with Gasteiger partial charge in [0, 0.05) is 30.0 Å². The first-order valence-corrected chi connectivity index (χ1v) is 9.44. The van der Waals surface area contributed by atoms with Crippen LogP contribution >= 0.6 is 0 Å². The fourth-order valence-corrected chi connectivity index (χ4v) is 3.92. The lowest BCUT2D eigenvalue weighted by Gasteiger charge is -2.36. The highest BCUT2D eigenvalue weighted by molar-refractivity contribution is 6.22. The van der Waals surface area contributed by atoms with E-state index in [1.165, 1.54) is 24.3 Å². The van der Waals surface area contributed by atoms with Crippen LogP contribution in [0.25, 0.3) is 10.4 Å². The second-order valence-electron chi connectivity index (χ2n) is 7.53. The fraction of sp³-hybridized carbons (Fsp3) is 0.238. The third-order valence-electron chi connectivity index (χ3n) is 5.55. The lowest BCUT2D eigenvalue weighted by Crippen LogP contribution is -2.52. The predicted molar refractivity (Wildman–Crippen MR) is 107 cm³/mol. The maximum atomic E-state index is 12.8. The second-order valence-corrected chi connectivity index (χ2v) is 7.53. The zero-order valence-corrected chi connectivity index (χ0v) is 16.3. The Balaban J connectivity index is 1.67. The van der Waals surface area contributed by atoms with Gasteiger partial charge in [0.1, 0.15) is 0 Å². The average molecular weight is 419 g/mol. The summed E-state index contributed by atoms with van der Waals surface area (Å²) in [6.07, 6.45) is 0. The van der Waals surface area contributed by atoms with Crippen molar-refractivity contribution in [3.63, 3.8) is 0 Å². The average Bonchev–Trinajstić information content (AvgIpc) is 3.18. The number of hydrogen-bond donors (Lipinski definition) is 1. The smallest absolute Gasteiger partial charge is 0.261 e. The van der Waals surface area contributed by atoms with Crippen LogP contribution in [0.15, 0.2) is 53.6 Å². The molecule has 4 amide bonds. The van der Waals surface area contributed by atoms with E-state index in [4.69, 9.17) is 5.53 Å². The molecule has 0 atom stereocenters. The molecule has 0 saturated heterocycles. The zero-order chi connectivity index (χ0) is 22.2. The number of azide groups is 1. The van der Waals surface area contributed by atoms with Gasteiger partial charge < -0.3 is 5.11 Å². The molecule has 2 heterocycles. The first-order chi connectivity index (χ1) is 14.9. The molecule has 0 unspecified atom stereocenters. The van der Waals surface area contributed by atoms with Crippen molar-refractivity contribution >= 4 is 23.6 Å². The fourth-order valence-electron chi connectivity index (χ4n) is 3.92. The van der Waals surface area contributed by atoms with Crippen LogP contribution in [-0.2, 0) is 0 Å². The number of benzene rings is 2. The predicted octanol–water partition coefficient (Wildman–Crippen LogP) is 1.87. The molecule has 10 nitrogen and oxygen atoms in total. The molecule has 2 aromatic carbocycles. The van der Waals surface area contributed by atoms with Gasteiger partial charge in [-0.15, -0.1) is 0 Å². The first kappa shape index (κ1) is 20.3. The molecule has 4 rings (SSSR count). The molecule has 31 heavy (non-hydrogen) atoms. The third-order valence-corrected chi connectivity index (χ3v) is 5.55. The Bertz CT molecular complexity index is 1020. The lowest BCUT2D eigenvalue weighted by molar-refractivity contribution is 0.0329. The zero-order valence-electron chi connectivity index (χ0n) is 16.3. The highest BCUT2D eigenvalue weighted by Crippen LogP contribution is 2.31. The number of nitrogens with zero attached hydrogens (tertiary/aromatic N) is 5. The summed E-state index contributed by atoms with van der Waals surface area (Å²) in [5.41, 5.74) is 8.30. The van der Waals surface area contributed by atoms with Crippen molar-refractivity contribution in [2.45, 2.75) is 0 Å². The molecule has 0 fully saturated rings. The number of aliphatic hydroxyl groups is 1. The summed E-state index contributed by atoms with van der Waals surface area (Å²) in [5.74, 6) is -2.22. The topological polar surface area (TPSA) is 144 Å². The number of fused-ring (bicyclic) bond motifs is 2. The number of carbonyl (C=O) groups is 4. The summed E-state index contributed by atoms with van der Waals surface area (Å²) in [4.78, 5) is 55.8. The van der Waals surface area contributed by atoms with Crippen LogP contribution < -0.4 is 0 Å². The van der Waals surface area contributed by atoms with Gasteiger partial charge in [0.15, 0.2) is 0 Å². The van der Waals surface area contributed by atoms with Crippen LogP contribution in [0.1, 0.15) is 41.4 Å². The Morgan fingerprint density at radius 1 is 0.774 bits per heavy atom. The van der Waals surface area contributed by atoms with Crippen LogP contribution in [0.2, 0.25) is 0 Å². The number of aliphatic hydroxyl groups excluding tert-OH is 1. The van der Waals surface area contributed by atoms with Crippen LogP contribution in [0.4, 0.5) is 0 Å². The molecule has 0 radical (unpaired) electrons. The van der Waals surface area contributed by atoms with Crippen LogP contribution in [0, 0.1) is 5.41 Å². The molecule has 0 aromatic heterocycles. The Morgan fingerprint density at radius 2 is 1.13 bits per heavy atom. The van der Waals surface area contributed by atoms with Crippen molar-refractivity contribution in [1.82, 2.24) is 9.80 Å². The van der Waals surface area contributed by atoms with Crippen LogP contribution in [-0.4, -0.2) is 64.8 Å². The van der Waals surface area contributed by atoms with Crippen molar-refractivity contribution in [2.24, 2.45) is 10.5 Å². The van der Waals surface area contributed by atoms with Crippen molar-refractivity contribution in [3.05, 3.63) is 81.2 Å². The molecule has 0 aliphatic carbocycles. The number of rotatable bonds is 7. The number of imide groups is 2. The van der Waals surface area contributed by atoms with Crippen molar-refractivity contribution in [1.29, 1.82) is 0 Å². The van der Waals surface area contributed by atoms with E-state index in [1.807, 2.05) is 0 Å². The number of hydrogen-bond acceptors (Lipinski definition) is 6. The van der Waals surface area contributed by atoms with Crippen LogP contribution in [0.3, 0.4) is 0 Å². The van der Waals surface area contributed by atoms with Gasteiger partial charge in [-0.25, -0.2) is 0 Å². The number of carbonyl (C=O) groups excluding carboxylic acids is 4. The molecule has 1 N–H and O–H groups in total. The van der Waals surface area contributed by atoms with Gasteiger partial charge in [0.05, 0.1) is 28.9 Å². The van der Waals surface area contributed by atoms with E-state index in [-0.39, 0.29) is 41.9 Å². The van der Waals surface area contributed by atoms with Gasteiger partial charge in [0.2, 0.25) is 0 Å². The van der Waals surface area contributed by atoms with E-state index >= 15 is 0 Å². The monoisotopic (exact) mass is 419 g/mol. The molecule has 0 spiro atoms. The normalized spacial score (nSPS) is 15.3. The molecule has 2 aromatic rings. The Labute approximate surface area is 176 Å². The van der Waals surface area contributed by atoms with E-state index in [2.05, 4.69) is 10.0 Å². The van der Waals surface area contributed by atoms with E-state index in [0.717, 1.165) is 9.80 Å². The van der Waals surface area contributed by atoms with Gasteiger partial charge in [-0.1, -0.05) is 29.4 Å². The Kier molecular flexibility index (Phi) is 5.02. The first-order valence-electron chi connectivity index (χ1n) is 9.44. The quantitative estimate of drug-likeness (QED) is 0.315. The summed E-state index contributed by atoms with van der Waals surface area (Å²) in [7, 11) is 0. The third kappa shape index (κ3) is 3.24. The lowest BCUT2D eigenvalue weighted by atomic mass is 9.87. The summed E-state index contributed by atoms with van der Waals surface area (Å²) < 4.78 is 0. The summed E-state index contributed by atoms with van der Waals surface area (Å²) in [5, 5.41) is 13.7. The Morgan fingerprint density at radius 3 is 1.42 bits per heavy atom. The van der Waals surface area contributed by atoms with Crippen molar-refractivity contribution < 1.29 is 24.3 Å². The SMILES string of the molecule is [N-]=[N+]=NCC(CO)(CN1C(=O)c2ccccc2C1=O)CN1C(=O)c2ccccc2C1=O. The molecule has 2 aliphatic heterocycles. The standard InChI is InChI=1S/C21H17N5O5/c22-24-23-9-21(12-27,10-25-17(28)13-5-1-2-6-14(13)18(25)29)11-26-19(30)15-7-3-4-8-16(15)20(26)31/h1-8,27H,9-12H2. The van der Waals surface area contributed by atoms with E-state index in [1.54, 1.807) is 24.3 Å². The Hall–Kier alpha value is -4.01. The highest BCUT2D eigenvalue weighted by atomic mass is 16.3. The van der Waals surface area contributed by atoms with Crippen molar-refractivity contribution in [2.75, 3.05) is 26.2 Å². The van der Waals surface area contributed by atoms with E-state index < -0.39 is 35.7 Å². The van der Waals surface area contributed by atoms with E-state index in [0.29, 0.717) is 0 Å². The van der Waals surface area contributed by atoms with Crippen LogP contribution in [0.5, 0.6) is 0 Å². The van der Waals surface area contributed by atoms with Gasteiger partial charge in [-0.05, 0) is 29.8 Å². The summed E-state index contributed by atoms with van der Waals surface area (Å²) >= 11 is 0. The maximum Gasteiger partial charge on any atom is 0.261 e. The minimum atomic E-state index is -1.42. The van der Waals surface area contributed by atoms with Gasteiger partial charge >= 0.3 is 0 Å². The molecule has 10 heteroatoms. The second kappa shape index (κ2) is 7.67. The minimum absolute atomic E-state index is 0.226. The molecule has 0 saturated carbocycles. The molecule has 2 aliphatic rings. The maximum absolute atomic E-state index is 12.8. The minimum Gasteiger partial charge on any atom is -0.396 e.